The summed E-state index contributed by atoms with van der Waals surface area (Å²) in [5, 5.41) is 3.00. The van der Waals surface area contributed by atoms with Crippen LogP contribution in [0.5, 0.6) is 5.75 Å². The number of thiazole rings is 1. The highest BCUT2D eigenvalue weighted by molar-refractivity contribution is 7.15. The van der Waals surface area contributed by atoms with Crippen molar-refractivity contribution < 1.29 is 22.7 Å². The van der Waals surface area contributed by atoms with Crippen molar-refractivity contribution in [2.24, 2.45) is 0 Å². The van der Waals surface area contributed by atoms with E-state index in [0.717, 1.165) is 16.6 Å². The van der Waals surface area contributed by atoms with Crippen LogP contribution in [0.25, 0.3) is 6.08 Å². The van der Waals surface area contributed by atoms with Crippen molar-refractivity contribution >= 4 is 28.5 Å². The van der Waals surface area contributed by atoms with Gasteiger partial charge in [-0.15, -0.1) is 24.5 Å². The predicted octanol–water partition coefficient (Wildman–Crippen LogP) is 4.31. The first-order valence-electron chi connectivity index (χ1n) is 6.52. The van der Waals surface area contributed by atoms with Gasteiger partial charge in [0, 0.05) is 16.5 Å². The van der Waals surface area contributed by atoms with E-state index in [-0.39, 0.29) is 11.3 Å². The maximum atomic E-state index is 12.3. The van der Waals surface area contributed by atoms with E-state index in [0.29, 0.717) is 5.13 Å². The smallest absolute Gasteiger partial charge is 0.405 e. The molecule has 0 unspecified atom stereocenters. The molecule has 0 aliphatic heterocycles. The Morgan fingerprint density at radius 1 is 1.30 bits per heavy atom. The van der Waals surface area contributed by atoms with Gasteiger partial charge in [0.1, 0.15) is 5.75 Å². The van der Waals surface area contributed by atoms with E-state index in [4.69, 9.17) is 0 Å². The molecule has 1 amide bonds. The van der Waals surface area contributed by atoms with Crippen LogP contribution in [0.2, 0.25) is 0 Å². The lowest BCUT2D eigenvalue weighted by atomic mass is 10.2. The summed E-state index contributed by atoms with van der Waals surface area (Å²) in [5.74, 6) is -0.856. The Hall–Kier alpha value is -2.35. The quantitative estimate of drug-likeness (QED) is 0.843. The number of rotatable bonds is 4. The molecule has 1 N–H and O–H groups in total. The average molecular weight is 342 g/mol. The maximum absolute atomic E-state index is 12.3. The molecule has 8 heteroatoms. The topological polar surface area (TPSA) is 51.2 Å². The van der Waals surface area contributed by atoms with Gasteiger partial charge >= 0.3 is 6.36 Å². The van der Waals surface area contributed by atoms with Gasteiger partial charge in [-0.2, -0.15) is 0 Å². The molecule has 0 saturated heterocycles. The molecule has 1 aromatic heterocycles. The molecular formula is C15H13F3N2O2S. The normalized spacial score (nSPS) is 11.7. The second-order valence-electron chi connectivity index (χ2n) is 4.57. The Morgan fingerprint density at radius 2 is 2.00 bits per heavy atom. The number of ether oxygens (including phenoxy) is 1. The minimum absolute atomic E-state index is 0.145. The lowest BCUT2D eigenvalue weighted by Gasteiger charge is -2.10. The Labute approximate surface area is 134 Å². The molecule has 0 aliphatic rings. The Bertz CT molecular complexity index is 719. The summed E-state index contributed by atoms with van der Waals surface area (Å²) >= 11 is 1.32. The fourth-order valence-corrected chi connectivity index (χ4v) is 2.49. The minimum Gasteiger partial charge on any atom is -0.405 e. The first-order chi connectivity index (χ1) is 10.7. The molecule has 122 valence electrons. The van der Waals surface area contributed by atoms with E-state index in [1.165, 1.54) is 35.6 Å². The third-order valence-electron chi connectivity index (χ3n) is 2.82. The summed E-state index contributed by atoms with van der Waals surface area (Å²) in [5.41, 5.74) is 0.963. The molecule has 2 aromatic rings. The molecule has 0 aliphatic carbocycles. The Kier molecular flexibility index (Phi) is 5.05. The molecule has 1 heterocycles. The molecule has 1 aromatic carbocycles. The highest BCUT2D eigenvalue weighted by Crippen LogP contribution is 2.27. The summed E-state index contributed by atoms with van der Waals surface area (Å²) < 4.78 is 40.9. The van der Waals surface area contributed by atoms with Crippen molar-refractivity contribution in [2.45, 2.75) is 20.2 Å². The number of aromatic nitrogens is 1. The molecule has 2 rings (SSSR count). The van der Waals surface area contributed by atoms with Crippen LogP contribution in [0.4, 0.5) is 18.3 Å². The van der Waals surface area contributed by atoms with E-state index in [9.17, 15) is 18.0 Å². The second-order valence-corrected chi connectivity index (χ2v) is 5.77. The van der Waals surface area contributed by atoms with Crippen LogP contribution in [0, 0.1) is 13.8 Å². The zero-order valence-electron chi connectivity index (χ0n) is 12.3. The Morgan fingerprint density at radius 3 is 2.61 bits per heavy atom. The number of hydrogen-bond donors (Lipinski definition) is 1. The van der Waals surface area contributed by atoms with Crippen LogP contribution >= 0.6 is 11.3 Å². The largest absolute Gasteiger partial charge is 0.573 e. The van der Waals surface area contributed by atoms with E-state index in [1.807, 2.05) is 13.8 Å². The third kappa shape index (κ3) is 5.10. The van der Waals surface area contributed by atoms with Gasteiger partial charge in [0.15, 0.2) is 5.13 Å². The number of nitrogens with zero attached hydrogens (tertiary/aromatic N) is 1. The summed E-state index contributed by atoms with van der Waals surface area (Å²) in [6.07, 6.45) is -2.41. The third-order valence-corrected chi connectivity index (χ3v) is 3.81. The fourth-order valence-electron chi connectivity index (χ4n) is 1.67. The predicted molar refractivity (Wildman–Crippen MR) is 82.4 cm³/mol. The zero-order valence-corrected chi connectivity index (χ0v) is 13.1. The molecule has 0 atom stereocenters. The fraction of sp³-hybridized carbons (Fsp3) is 0.200. The van der Waals surface area contributed by atoms with Gasteiger partial charge in [-0.1, -0.05) is 18.2 Å². The standard InChI is InChI=1S/C15H13F3N2O2S/c1-9-10(2)23-14(19-9)20-13(21)8-7-11-5-3-4-6-12(11)22-15(16,17)18/h3-8H,1-2H3,(H,19,20,21). The van der Waals surface area contributed by atoms with Crippen LogP contribution in [0.1, 0.15) is 16.1 Å². The Balaban J connectivity index is 2.09. The maximum Gasteiger partial charge on any atom is 0.573 e. The molecule has 23 heavy (non-hydrogen) atoms. The van der Waals surface area contributed by atoms with Crippen molar-refractivity contribution in [2.75, 3.05) is 5.32 Å². The van der Waals surface area contributed by atoms with E-state index in [2.05, 4.69) is 15.0 Å². The number of para-hydroxylation sites is 1. The zero-order chi connectivity index (χ0) is 17.0. The number of hydrogen-bond acceptors (Lipinski definition) is 4. The van der Waals surface area contributed by atoms with Gasteiger partial charge in [0.2, 0.25) is 5.91 Å². The van der Waals surface area contributed by atoms with Gasteiger partial charge < -0.3 is 4.74 Å². The van der Waals surface area contributed by atoms with E-state index < -0.39 is 12.3 Å². The van der Waals surface area contributed by atoms with Crippen LogP contribution in [-0.4, -0.2) is 17.3 Å². The number of carbonyl (C=O) groups is 1. The second kappa shape index (κ2) is 6.82. The summed E-state index contributed by atoms with van der Waals surface area (Å²) in [4.78, 5) is 16.9. The molecule has 0 saturated carbocycles. The molecule has 0 bridgehead atoms. The van der Waals surface area contributed by atoms with Gasteiger partial charge in [-0.25, -0.2) is 4.98 Å². The monoisotopic (exact) mass is 342 g/mol. The van der Waals surface area contributed by atoms with Crippen LogP contribution in [0.3, 0.4) is 0 Å². The van der Waals surface area contributed by atoms with E-state index in [1.54, 1.807) is 6.07 Å². The number of halogens is 3. The van der Waals surface area contributed by atoms with E-state index >= 15 is 0 Å². The van der Waals surface area contributed by atoms with Gasteiger partial charge in [-0.3, -0.25) is 10.1 Å². The minimum atomic E-state index is -4.79. The van der Waals surface area contributed by atoms with Gasteiger partial charge in [0.05, 0.1) is 5.69 Å². The summed E-state index contributed by atoms with van der Waals surface area (Å²) in [6, 6.07) is 5.56. The number of alkyl halides is 3. The molecular weight excluding hydrogens is 329 g/mol. The summed E-state index contributed by atoms with van der Waals surface area (Å²) in [6.45, 7) is 3.70. The lowest BCUT2D eigenvalue weighted by Crippen LogP contribution is -2.17. The van der Waals surface area contributed by atoms with Crippen LogP contribution < -0.4 is 10.1 Å². The summed E-state index contributed by atoms with van der Waals surface area (Å²) in [7, 11) is 0. The SMILES string of the molecule is Cc1nc(NC(=O)C=Cc2ccccc2OC(F)(F)F)sc1C. The molecule has 0 fully saturated rings. The lowest BCUT2D eigenvalue weighted by molar-refractivity contribution is -0.274. The number of nitrogens with one attached hydrogen (secondary N) is 1. The van der Waals surface area contributed by atoms with Gasteiger partial charge in [-0.05, 0) is 26.0 Å². The number of aryl methyl sites for hydroxylation is 2. The van der Waals surface area contributed by atoms with Crippen molar-refractivity contribution in [3.05, 3.63) is 46.5 Å². The van der Waals surface area contributed by atoms with Crippen molar-refractivity contribution in [1.29, 1.82) is 0 Å². The highest BCUT2D eigenvalue weighted by Gasteiger charge is 2.31. The van der Waals surface area contributed by atoms with Crippen molar-refractivity contribution in [3.8, 4) is 5.75 Å². The van der Waals surface area contributed by atoms with Crippen molar-refractivity contribution in [3.63, 3.8) is 0 Å². The first kappa shape index (κ1) is 17.0. The van der Waals surface area contributed by atoms with Gasteiger partial charge in [0.25, 0.3) is 0 Å². The van der Waals surface area contributed by atoms with Crippen LogP contribution in [0.15, 0.2) is 30.3 Å². The first-order valence-corrected chi connectivity index (χ1v) is 7.34. The number of amides is 1. The number of anilines is 1. The highest BCUT2D eigenvalue weighted by atomic mass is 32.1. The van der Waals surface area contributed by atoms with Crippen LogP contribution in [-0.2, 0) is 4.79 Å². The average Bonchev–Trinajstić information content (AvgIpc) is 2.74. The number of carbonyl (C=O) groups excluding carboxylic acids is 1. The molecule has 0 spiro atoms. The molecule has 4 nitrogen and oxygen atoms in total. The number of benzene rings is 1. The van der Waals surface area contributed by atoms with Crippen molar-refractivity contribution in [1.82, 2.24) is 4.98 Å². The molecule has 0 radical (unpaired) electrons.